The van der Waals surface area contributed by atoms with E-state index in [9.17, 15) is 14.4 Å². The van der Waals surface area contributed by atoms with E-state index in [0.717, 1.165) is 5.56 Å². The number of amides is 3. The summed E-state index contributed by atoms with van der Waals surface area (Å²) in [7, 11) is 4.72. The first kappa shape index (κ1) is 25.5. The van der Waals surface area contributed by atoms with Crippen molar-refractivity contribution < 1.29 is 28.6 Å². The van der Waals surface area contributed by atoms with Gasteiger partial charge in [0.25, 0.3) is 0 Å². The number of esters is 1. The third kappa shape index (κ3) is 5.51. The summed E-state index contributed by atoms with van der Waals surface area (Å²) < 4.78 is 15.7. The van der Waals surface area contributed by atoms with Crippen LogP contribution in [0.15, 0.2) is 35.5 Å². The second-order valence-corrected chi connectivity index (χ2v) is 8.40. The number of nitrogens with zero attached hydrogens (tertiary/aromatic N) is 3. The molecule has 1 fully saturated rings. The highest BCUT2D eigenvalue weighted by molar-refractivity contribution is 5.95. The van der Waals surface area contributed by atoms with Crippen molar-refractivity contribution in [2.24, 2.45) is 0 Å². The number of hydrogen-bond acceptors (Lipinski definition) is 7. The van der Waals surface area contributed by atoms with Crippen LogP contribution in [0.5, 0.6) is 5.75 Å². The van der Waals surface area contributed by atoms with Gasteiger partial charge in [-0.2, -0.15) is 0 Å². The van der Waals surface area contributed by atoms with Crippen molar-refractivity contribution in [2.75, 3.05) is 60.7 Å². The number of nitrogens with one attached hydrogen (secondary N) is 1. The standard InChI is InChI=1S/C24H34N4O6/c1-6-34-23(30)21-19(14-27-10-11-28(16(2)13-27)20(29)15-32-4)26(3)24(31)25-22(21)17-8-7-9-18(12-17)33-5/h7-9,12,16,22H,6,10-11,13-15H2,1-5H3,(H,25,31). The highest BCUT2D eigenvalue weighted by Crippen LogP contribution is 2.33. The molecular formula is C24H34N4O6. The molecule has 0 aliphatic carbocycles. The predicted octanol–water partition coefficient (Wildman–Crippen LogP) is 1.39. The molecule has 3 rings (SSSR count). The van der Waals surface area contributed by atoms with Gasteiger partial charge >= 0.3 is 12.0 Å². The fourth-order valence-corrected chi connectivity index (χ4v) is 4.43. The van der Waals surface area contributed by atoms with E-state index in [-0.39, 0.29) is 31.2 Å². The maximum atomic E-state index is 13.1. The zero-order valence-corrected chi connectivity index (χ0v) is 20.5. The summed E-state index contributed by atoms with van der Waals surface area (Å²) in [5, 5.41) is 2.92. The summed E-state index contributed by atoms with van der Waals surface area (Å²) in [6, 6.07) is 6.26. The minimum absolute atomic E-state index is 0.0278. The number of ether oxygens (including phenoxy) is 3. The average molecular weight is 475 g/mol. The Kier molecular flexibility index (Phi) is 8.51. The number of benzene rings is 1. The van der Waals surface area contributed by atoms with Gasteiger partial charge in [-0.1, -0.05) is 12.1 Å². The van der Waals surface area contributed by atoms with Crippen LogP contribution in [-0.2, 0) is 19.1 Å². The number of methoxy groups -OCH3 is 2. The lowest BCUT2D eigenvalue weighted by atomic mass is 9.94. The second kappa shape index (κ2) is 11.3. The molecule has 1 aromatic carbocycles. The third-order valence-electron chi connectivity index (χ3n) is 6.17. The lowest BCUT2D eigenvalue weighted by Gasteiger charge is -2.42. The van der Waals surface area contributed by atoms with Crippen molar-refractivity contribution >= 4 is 17.9 Å². The van der Waals surface area contributed by atoms with E-state index in [1.54, 1.807) is 38.1 Å². The van der Waals surface area contributed by atoms with Crippen LogP contribution in [0, 0.1) is 0 Å². The number of hydrogen-bond donors (Lipinski definition) is 1. The first-order valence-electron chi connectivity index (χ1n) is 11.4. The van der Waals surface area contributed by atoms with Crippen LogP contribution < -0.4 is 10.1 Å². The molecule has 3 amide bonds. The van der Waals surface area contributed by atoms with Crippen LogP contribution in [0.1, 0.15) is 25.5 Å². The van der Waals surface area contributed by atoms with Crippen molar-refractivity contribution in [2.45, 2.75) is 25.9 Å². The Labute approximate surface area is 200 Å². The van der Waals surface area contributed by atoms with Crippen LogP contribution >= 0.6 is 0 Å². The fraction of sp³-hybridized carbons (Fsp3) is 0.542. The van der Waals surface area contributed by atoms with Crippen molar-refractivity contribution in [3.8, 4) is 5.75 Å². The molecule has 2 unspecified atom stereocenters. The van der Waals surface area contributed by atoms with Gasteiger partial charge in [0.05, 0.1) is 25.3 Å². The lowest BCUT2D eigenvalue weighted by molar-refractivity contribution is -0.139. The third-order valence-corrected chi connectivity index (χ3v) is 6.17. The van der Waals surface area contributed by atoms with Crippen LogP contribution in [0.2, 0.25) is 0 Å². The van der Waals surface area contributed by atoms with E-state index < -0.39 is 12.0 Å². The van der Waals surface area contributed by atoms with E-state index in [2.05, 4.69) is 10.2 Å². The molecule has 34 heavy (non-hydrogen) atoms. The Morgan fingerprint density at radius 3 is 2.62 bits per heavy atom. The van der Waals surface area contributed by atoms with Gasteiger partial charge in [0.15, 0.2) is 0 Å². The summed E-state index contributed by atoms with van der Waals surface area (Å²) in [4.78, 5) is 43.8. The molecule has 2 heterocycles. The van der Waals surface area contributed by atoms with Crippen LogP contribution in [0.25, 0.3) is 0 Å². The predicted molar refractivity (Wildman–Crippen MR) is 125 cm³/mol. The molecule has 1 saturated heterocycles. The van der Waals surface area contributed by atoms with Crippen LogP contribution in [-0.4, -0.2) is 99.3 Å². The summed E-state index contributed by atoms with van der Waals surface area (Å²) in [5.74, 6) is 0.105. The lowest BCUT2D eigenvalue weighted by Crippen LogP contribution is -2.56. The monoisotopic (exact) mass is 474 g/mol. The molecule has 2 aliphatic heterocycles. The normalized spacial score (nSPS) is 21.4. The Morgan fingerprint density at radius 1 is 1.21 bits per heavy atom. The van der Waals surface area contributed by atoms with Gasteiger partial charge in [-0.25, -0.2) is 9.59 Å². The number of piperazine rings is 1. The maximum Gasteiger partial charge on any atom is 0.338 e. The summed E-state index contributed by atoms with van der Waals surface area (Å²) >= 11 is 0. The Bertz CT molecular complexity index is 949. The first-order valence-corrected chi connectivity index (χ1v) is 11.4. The molecule has 1 aromatic rings. The molecule has 0 aromatic heterocycles. The summed E-state index contributed by atoms with van der Waals surface area (Å²) in [6.45, 7) is 6.13. The van der Waals surface area contributed by atoms with Gasteiger partial charge in [-0.15, -0.1) is 0 Å². The number of urea groups is 1. The van der Waals surface area contributed by atoms with Crippen molar-refractivity contribution in [1.29, 1.82) is 0 Å². The quantitative estimate of drug-likeness (QED) is 0.568. The van der Waals surface area contributed by atoms with E-state index in [0.29, 0.717) is 43.2 Å². The Hall–Kier alpha value is -3.11. The maximum absolute atomic E-state index is 13.1. The van der Waals surface area contributed by atoms with Crippen molar-refractivity contribution in [3.63, 3.8) is 0 Å². The largest absolute Gasteiger partial charge is 0.497 e. The molecule has 2 aliphatic rings. The highest BCUT2D eigenvalue weighted by atomic mass is 16.5. The van der Waals surface area contributed by atoms with Crippen LogP contribution in [0.4, 0.5) is 4.79 Å². The summed E-state index contributed by atoms with van der Waals surface area (Å²) in [6.07, 6.45) is 0. The molecule has 2 atom stereocenters. The topological polar surface area (TPSA) is 101 Å². The minimum Gasteiger partial charge on any atom is -0.497 e. The molecule has 0 saturated carbocycles. The molecule has 10 nitrogen and oxygen atoms in total. The van der Waals surface area contributed by atoms with Gasteiger partial charge in [-0.05, 0) is 31.5 Å². The molecule has 0 spiro atoms. The van der Waals surface area contributed by atoms with Gasteiger partial charge in [-0.3, -0.25) is 14.6 Å². The fourth-order valence-electron chi connectivity index (χ4n) is 4.43. The number of carbonyl (C=O) groups is 3. The smallest absolute Gasteiger partial charge is 0.338 e. The van der Waals surface area contributed by atoms with E-state index in [1.807, 2.05) is 19.1 Å². The second-order valence-electron chi connectivity index (χ2n) is 8.40. The van der Waals surface area contributed by atoms with Crippen molar-refractivity contribution in [3.05, 3.63) is 41.1 Å². The van der Waals surface area contributed by atoms with E-state index >= 15 is 0 Å². The highest BCUT2D eigenvalue weighted by Gasteiger charge is 2.38. The van der Waals surface area contributed by atoms with E-state index in [4.69, 9.17) is 14.2 Å². The minimum atomic E-state index is -0.671. The van der Waals surface area contributed by atoms with Gasteiger partial charge in [0.2, 0.25) is 5.91 Å². The van der Waals surface area contributed by atoms with Gasteiger partial charge in [0, 0.05) is 52.1 Å². The zero-order chi connectivity index (χ0) is 24.8. The van der Waals surface area contributed by atoms with E-state index in [1.165, 1.54) is 12.0 Å². The Morgan fingerprint density at radius 2 is 1.97 bits per heavy atom. The Balaban J connectivity index is 1.94. The summed E-state index contributed by atoms with van der Waals surface area (Å²) in [5.41, 5.74) is 1.70. The SMILES string of the molecule is CCOC(=O)C1=C(CN2CCN(C(=O)COC)C(C)C2)N(C)C(=O)NC1c1cccc(OC)c1. The average Bonchev–Trinajstić information content (AvgIpc) is 2.82. The van der Waals surface area contributed by atoms with Gasteiger partial charge in [0.1, 0.15) is 12.4 Å². The van der Waals surface area contributed by atoms with Gasteiger partial charge < -0.3 is 24.4 Å². The number of rotatable bonds is 8. The number of likely N-dealkylation sites (N-methyl/N-ethyl adjacent to an activating group) is 1. The first-order chi connectivity index (χ1) is 16.3. The molecule has 1 N–H and O–H groups in total. The molecule has 0 radical (unpaired) electrons. The molecule has 0 bridgehead atoms. The van der Waals surface area contributed by atoms with Crippen LogP contribution in [0.3, 0.4) is 0 Å². The zero-order valence-electron chi connectivity index (χ0n) is 20.5. The molecule has 186 valence electrons. The van der Waals surface area contributed by atoms with Crippen molar-refractivity contribution in [1.82, 2.24) is 20.0 Å². The molecular weight excluding hydrogens is 440 g/mol. The number of carbonyl (C=O) groups excluding carboxylic acids is 3. The molecule has 10 heteroatoms.